The van der Waals surface area contributed by atoms with Crippen LogP contribution in [0.1, 0.15) is 12.0 Å². The van der Waals surface area contributed by atoms with Crippen LogP contribution in [-0.4, -0.2) is 15.8 Å². The number of oxime groups is 1. The predicted octanol–water partition coefficient (Wildman–Crippen LogP) is 2.35. The lowest BCUT2D eigenvalue weighted by Gasteiger charge is -2.00. The third kappa shape index (κ3) is 2.63. The van der Waals surface area contributed by atoms with Crippen LogP contribution in [0.25, 0.3) is 0 Å². The highest BCUT2D eigenvalue weighted by molar-refractivity contribution is 6.01. The normalized spacial score (nSPS) is 11.1. The molecule has 0 radical (unpaired) electrons. The van der Waals surface area contributed by atoms with Crippen molar-refractivity contribution in [3.05, 3.63) is 52.6 Å². The average Bonchev–Trinajstić information content (AvgIpc) is 2.26. The van der Waals surface area contributed by atoms with E-state index < -0.39 is 4.92 Å². The Labute approximate surface area is 86.5 Å². The maximum absolute atomic E-state index is 10.4. The molecule has 0 heterocycles. The highest BCUT2D eigenvalue weighted by atomic mass is 16.6. The highest BCUT2D eigenvalue weighted by Gasteiger charge is 2.07. The van der Waals surface area contributed by atoms with Gasteiger partial charge >= 0.3 is 0 Å². The van der Waals surface area contributed by atoms with Gasteiger partial charge in [-0.2, -0.15) is 0 Å². The number of benzene rings is 1. The molecule has 1 N–H and O–H groups in total. The molecule has 1 rings (SSSR count). The summed E-state index contributed by atoms with van der Waals surface area (Å²) >= 11 is 0. The molecule has 0 fully saturated rings. The third-order valence-corrected chi connectivity index (χ3v) is 1.87. The van der Waals surface area contributed by atoms with Crippen LogP contribution in [0.5, 0.6) is 0 Å². The van der Waals surface area contributed by atoms with Gasteiger partial charge in [0.2, 0.25) is 0 Å². The molecule has 5 heteroatoms. The van der Waals surface area contributed by atoms with Crippen molar-refractivity contribution in [1.29, 1.82) is 0 Å². The van der Waals surface area contributed by atoms with Crippen LogP contribution in [0.15, 0.2) is 42.1 Å². The molecule has 0 bridgehead atoms. The van der Waals surface area contributed by atoms with E-state index in [0.717, 1.165) is 0 Å². The molecule has 5 nitrogen and oxygen atoms in total. The standard InChI is InChI=1S/C10H10N2O3/c1-2-3-10(11-13)8-4-6-9(7-5-8)12(14)15/h2,4-7,13H,1,3H2/b11-10+. The fourth-order valence-electron chi connectivity index (χ4n) is 1.13. The van der Waals surface area contributed by atoms with Crippen molar-refractivity contribution in [2.75, 3.05) is 0 Å². The van der Waals surface area contributed by atoms with Gasteiger partial charge in [-0.3, -0.25) is 10.1 Å². The molecular formula is C10H10N2O3. The first-order valence-electron chi connectivity index (χ1n) is 4.25. The van der Waals surface area contributed by atoms with Crippen LogP contribution in [0, 0.1) is 10.1 Å². The third-order valence-electron chi connectivity index (χ3n) is 1.87. The van der Waals surface area contributed by atoms with Gasteiger partial charge in [-0.05, 0) is 12.1 Å². The van der Waals surface area contributed by atoms with E-state index in [9.17, 15) is 10.1 Å². The lowest BCUT2D eigenvalue weighted by Crippen LogP contribution is -1.99. The van der Waals surface area contributed by atoms with Gasteiger partial charge in [-0.25, -0.2) is 0 Å². The second-order valence-corrected chi connectivity index (χ2v) is 2.84. The number of rotatable bonds is 4. The Morgan fingerprint density at radius 3 is 2.53 bits per heavy atom. The summed E-state index contributed by atoms with van der Waals surface area (Å²) in [7, 11) is 0. The van der Waals surface area contributed by atoms with Crippen LogP contribution in [0.2, 0.25) is 0 Å². The van der Waals surface area contributed by atoms with E-state index in [1.54, 1.807) is 6.08 Å². The molecule has 0 aliphatic rings. The van der Waals surface area contributed by atoms with E-state index >= 15 is 0 Å². The minimum Gasteiger partial charge on any atom is -0.411 e. The van der Waals surface area contributed by atoms with Gasteiger partial charge < -0.3 is 5.21 Å². The summed E-state index contributed by atoms with van der Waals surface area (Å²) in [4.78, 5) is 9.91. The number of nitro benzene ring substituents is 1. The first kappa shape index (κ1) is 10.9. The molecule has 0 unspecified atom stereocenters. The second kappa shape index (κ2) is 4.90. The number of nitro groups is 1. The monoisotopic (exact) mass is 206 g/mol. The summed E-state index contributed by atoms with van der Waals surface area (Å²) in [6.07, 6.45) is 2.00. The van der Waals surface area contributed by atoms with Gasteiger partial charge in [0.25, 0.3) is 5.69 Å². The molecule has 0 amide bonds. The quantitative estimate of drug-likeness (QED) is 0.270. The summed E-state index contributed by atoms with van der Waals surface area (Å²) in [5.41, 5.74) is 1.08. The van der Waals surface area contributed by atoms with Crippen LogP contribution in [-0.2, 0) is 0 Å². The molecule has 0 aliphatic heterocycles. The Morgan fingerprint density at radius 1 is 1.53 bits per heavy atom. The van der Waals surface area contributed by atoms with E-state index in [-0.39, 0.29) is 5.69 Å². The average molecular weight is 206 g/mol. The Hall–Kier alpha value is -2.17. The van der Waals surface area contributed by atoms with E-state index in [1.165, 1.54) is 24.3 Å². The Morgan fingerprint density at radius 2 is 2.13 bits per heavy atom. The van der Waals surface area contributed by atoms with Crippen molar-refractivity contribution >= 4 is 11.4 Å². The van der Waals surface area contributed by atoms with Crippen LogP contribution in [0.4, 0.5) is 5.69 Å². The molecule has 1 aromatic rings. The molecule has 0 aromatic heterocycles. The molecular weight excluding hydrogens is 196 g/mol. The summed E-state index contributed by atoms with van der Waals surface area (Å²) in [6.45, 7) is 3.52. The van der Waals surface area contributed by atoms with E-state index in [1.807, 2.05) is 0 Å². The van der Waals surface area contributed by atoms with Gasteiger partial charge in [-0.1, -0.05) is 11.2 Å². The zero-order chi connectivity index (χ0) is 11.3. The van der Waals surface area contributed by atoms with Crippen molar-refractivity contribution in [3.8, 4) is 0 Å². The molecule has 0 saturated carbocycles. The zero-order valence-corrected chi connectivity index (χ0v) is 7.96. The Kier molecular flexibility index (Phi) is 3.56. The van der Waals surface area contributed by atoms with Crippen molar-refractivity contribution in [3.63, 3.8) is 0 Å². The van der Waals surface area contributed by atoms with Gasteiger partial charge in [-0.15, -0.1) is 6.58 Å². The number of hydrogen-bond acceptors (Lipinski definition) is 4. The highest BCUT2D eigenvalue weighted by Crippen LogP contribution is 2.13. The first-order chi connectivity index (χ1) is 7.19. The minimum atomic E-state index is -0.479. The summed E-state index contributed by atoms with van der Waals surface area (Å²) in [5.74, 6) is 0. The number of nitrogens with zero attached hydrogens (tertiary/aromatic N) is 2. The number of non-ortho nitro benzene ring substituents is 1. The second-order valence-electron chi connectivity index (χ2n) is 2.84. The maximum Gasteiger partial charge on any atom is 0.269 e. The zero-order valence-electron chi connectivity index (χ0n) is 7.96. The molecule has 0 spiro atoms. The fourth-order valence-corrected chi connectivity index (χ4v) is 1.13. The van der Waals surface area contributed by atoms with E-state index in [0.29, 0.717) is 17.7 Å². The largest absolute Gasteiger partial charge is 0.411 e. The van der Waals surface area contributed by atoms with Gasteiger partial charge in [0.15, 0.2) is 0 Å². The summed E-state index contributed by atoms with van der Waals surface area (Å²) < 4.78 is 0. The van der Waals surface area contributed by atoms with E-state index in [4.69, 9.17) is 5.21 Å². The molecule has 0 aliphatic carbocycles. The molecule has 0 saturated heterocycles. The Balaban J connectivity index is 2.97. The van der Waals surface area contributed by atoms with Crippen molar-refractivity contribution in [2.24, 2.45) is 5.16 Å². The fraction of sp³-hybridized carbons (Fsp3) is 0.100. The smallest absolute Gasteiger partial charge is 0.269 e. The van der Waals surface area contributed by atoms with Crippen LogP contribution >= 0.6 is 0 Å². The maximum atomic E-state index is 10.4. The van der Waals surface area contributed by atoms with Gasteiger partial charge in [0.05, 0.1) is 10.6 Å². The van der Waals surface area contributed by atoms with Gasteiger partial charge in [0, 0.05) is 24.1 Å². The first-order valence-corrected chi connectivity index (χ1v) is 4.25. The topological polar surface area (TPSA) is 75.7 Å². The van der Waals surface area contributed by atoms with Gasteiger partial charge in [0.1, 0.15) is 0 Å². The van der Waals surface area contributed by atoms with Crippen molar-refractivity contribution < 1.29 is 10.1 Å². The molecule has 1 aromatic carbocycles. The molecule has 15 heavy (non-hydrogen) atoms. The van der Waals surface area contributed by atoms with Crippen LogP contribution in [0.3, 0.4) is 0 Å². The minimum absolute atomic E-state index is 0.00893. The summed E-state index contributed by atoms with van der Waals surface area (Å²) in [6, 6.07) is 5.81. The number of hydrogen-bond donors (Lipinski definition) is 1. The van der Waals surface area contributed by atoms with Crippen LogP contribution < -0.4 is 0 Å². The Bertz CT molecular complexity index is 396. The summed E-state index contributed by atoms with van der Waals surface area (Å²) in [5, 5.41) is 22.2. The van der Waals surface area contributed by atoms with E-state index in [2.05, 4.69) is 11.7 Å². The van der Waals surface area contributed by atoms with Crippen molar-refractivity contribution in [2.45, 2.75) is 6.42 Å². The predicted molar refractivity (Wildman–Crippen MR) is 56.2 cm³/mol. The van der Waals surface area contributed by atoms with Crippen molar-refractivity contribution in [1.82, 2.24) is 0 Å². The number of allylic oxidation sites excluding steroid dienone is 1. The lowest BCUT2D eigenvalue weighted by atomic mass is 10.1. The lowest BCUT2D eigenvalue weighted by molar-refractivity contribution is -0.384. The SMILES string of the molecule is C=CC/C(=N\O)c1ccc([N+](=O)[O-])cc1. The molecule has 0 atom stereocenters. The molecule has 78 valence electrons.